The molecule has 3 aliphatic heterocycles. The van der Waals surface area contributed by atoms with Crippen molar-refractivity contribution in [3.63, 3.8) is 0 Å². The molecule has 1 saturated heterocycles. The molecule has 0 saturated carbocycles. The highest BCUT2D eigenvalue weighted by molar-refractivity contribution is 5.79. The van der Waals surface area contributed by atoms with Crippen molar-refractivity contribution >= 4 is 5.91 Å². The highest BCUT2D eigenvalue weighted by Crippen LogP contribution is 2.39. The van der Waals surface area contributed by atoms with Gasteiger partial charge in [-0.25, -0.2) is 0 Å². The molecule has 0 radical (unpaired) electrons. The Morgan fingerprint density at radius 3 is 2.48 bits per heavy atom. The maximum absolute atomic E-state index is 13.4. The van der Waals surface area contributed by atoms with Crippen LogP contribution in [0.1, 0.15) is 55.2 Å². The third kappa shape index (κ3) is 7.24. The second kappa shape index (κ2) is 13.6. The van der Waals surface area contributed by atoms with Crippen molar-refractivity contribution in [2.24, 2.45) is 5.41 Å². The lowest BCUT2D eigenvalue weighted by molar-refractivity contribution is -0.133. The first kappa shape index (κ1) is 28.5. The van der Waals surface area contributed by atoms with Crippen molar-refractivity contribution in [2.75, 3.05) is 46.0 Å². The molecule has 0 bridgehead atoms. The van der Waals surface area contributed by atoms with Crippen LogP contribution < -0.4 is 14.2 Å². The van der Waals surface area contributed by atoms with Gasteiger partial charge in [0.05, 0.1) is 19.6 Å². The van der Waals surface area contributed by atoms with Crippen LogP contribution in [0, 0.1) is 5.41 Å². The summed E-state index contributed by atoms with van der Waals surface area (Å²) in [5.41, 5.74) is 3.70. The van der Waals surface area contributed by atoms with Crippen LogP contribution in [-0.4, -0.2) is 66.7 Å². The highest BCUT2D eigenvalue weighted by atomic mass is 16.5. The fourth-order valence-corrected chi connectivity index (χ4v) is 6.71. The van der Waals surface area contributed by atoms with Gasteiger partial charge in [0.15, 0.2) is 11.5 Å². The molecule has 0 N–H and O–H groups in total. The van der Waals surface area contributed by atoms with Crippen LogP contribution >= 0.6 is 0 Å². The number of fused-ring (bicyclic) bond motifs is 2. The number of likely N-dealkylation sites (tertiary alicyclic amines) is 1. The molecule has 0 unspecified atom stereocenters. The summed E-state index contributed by atoms with van der Waals surface area (Å²) in [6, 6.07) is 18.6. The second-order valence-corrected chi connectivity index (χ2v) is 12.1. The third-order valence-electron chi connectivity index (χ3n) is 9.07. The van der Waals surface area contributed by atoms with Gasteiger partial charge in [0, 0.05) is 51.5 Å². The predicted molar refractivity (Wildman–Crippen MR) is 163 cm³/mol. The van der Waals surface area contributed by atoms with Crippen LogP contribution in [0.5, 0.6) is 17.2 Å². The van der Waals surface area contributed by atoms with Crippen molar-refractivity contribution in [3.8, 4) is 17.2 Å². The van der Waals surface area contributed by atoms with Gasteiger partial charge in [-0.3, -0.25) is 14.7 Å². The molecule has 222 valence electrons. The molecule has 7 nitrogen and oxygen atoms in total. The molecule has 3 aliphatic rings. The summed E-state index contributed by atoms with van der Waals surface area (Å²) < 4.78 is 17.9. The number of aromatic nitrogens is 1. The van der Waals surface area contributed by atoms with E-state index in [0.29, 0.717) is 26.2 Å². The Labute approximate surface area is 249 Å². The van der Waals surface area contributed by atoms with E-state index in [1.807, 2.05) is 36.7 Å². The molecule has 0 aliphatic carbocycles. The second-order valence-electron chi connectivity index (χ2n) is 12.1. The standard InChI is InChI=1S/C35H43N3O4/c39-34(24-28-11-12-32-33(23-28)41-21-6-20-40-32)38-17-14-35(15-18-38)13-4-3-9-30-8-1-2-10-31(30)42-22-19-37(27-35)26-29-7-5-16-36-25-29/h1-2,5,7-8,10-12,16,23,25H,3-4,6,9,13-15,17-22,24,26-27H2. The van der Waals surface area contributed by atoms with E-state index in [9.17, 15) is 4.79 Å². The molecular weight excluding hydrogens is 526 g/mol. The zero-order valence-electron chi connectivity index (χ0n) is 24.6. The Balaban J connectivity index is 1.13. The normalized spacial score (nSPS) is 19.5. The van der Waals surface area contributed by atoms with Gasteiger partial charge in [0.2, 0.25) is 5.91 Å². The summed E-state index contributed by atoms with van der Waals surface area (Å²) in [7, 11) is 0. The minimum atomic E-state index is 0.187. The third-order valence-corrected chi connectivity index (χ3v) is 9.07. The molecule has 4 heterocycles. The number of ether oxygens (including phenoxy) is 3. The van der Waals surface area contributed by atoms with Crippen molar-refractivity contribution < 1.29 is 19.0 Å². The number of piperidine rings is 1. The average Bonchev–Trinajstić information content (AvgIpc) is 3.25. The zero-order valence-corrected chi connectivity index (χ0v) is 24.6. The first-order valence-corrected chi connectivity index (χ1v) is 15.6. The van der Waals surface area contributed by atoms with Gasteiger partial charge >= 0.3 is 0 Å². The van der Waals surface area contributed by atoms with Gasteiger partial charge in [0.1, 0.15) is 12.4 Å². The van der Waals surface area contributed by atoms with Crippen LogP contribution in [0.25, 0.3) is 0 Å². The summed E-state index contributed by atoms with van der Waals surface area (Å²) in [5.74, 6) is 2.75. The van der Waals surface area contributed by atoms with Gasteiger partial charge in [-0.2, -0.15) is 0 Å². The molecule has 42 heavy (non-hydrogen) atoms. The van der Waals surface area contributed by atoms with E-state index < -0.39 is 0 Å². The Bertz CT molecular complexity index is 1320. The minimum absolute atomic E-state index is 0.187. The number of carbonyl (C=O) groups excluding carboxylic acids is 1. The fourth-order valence-electron chi connectivity index (χ4n) is 6.71. The van der Waals surface area contributed by atoms with Crippen LogP contribution in [0.15, 0.2) is 67.0 Å². The molecule has 7 heteroatoms. The zero-order chi connectivity index (χ0) is 28.6. The van der Waals surface area contributed by atoms with E-state index >= 15 is 0 Å². The number of carbonyl (C=O) groups is 1. The van der Waals surface area contributed by atoms with Gasteiger partial charge < -0.3 is 19.1 Å². The van der Waals surface area contributed by atoms with E-state index in [1.165, 1.54) is 24.0 Å². The monoisotopic (exact) mass is 569 g/mol. The maximum atomic E-state index is 13.4. The topological polar surface area (TPSA) is 64.1 Å². The van der Waals surface area contributed by atoms with Crippen LogP contribution in [0.4, 0.5) is 0 Å². The Morgan fingerprint density at radius 2 is 1.62 bits per heavy atom. The number of hydrogen-bond acceptors (Lipinski definition) is 6. The molecule has 0 atom stereocenters. The van der Waals surface area contributed by atoms with Gasteiger partial charge in [-0.05, 0) is 78.5 Å². The number of hydrogen-bond donors (Lipinski definition) is 0. The van der Waals surface area contributed by atoms with E-state index in [1.54, 1.807) is 0 Å². The number of amides is 1. The average molecular weight is 570 g/mol. The first-order valence-electron chi connectivity index (χ1n) is 15.6. The number of nitrogens with zero attached hydrogens (tertiary/aromatic N) is 3. The Morgan fingerprint density at radius 1 is 0.786 bits per heavy atom. The first-order chi connectivity index (χ1) is 20.7. The predicted octanol–water partition coefficient (Wildman–Crippen LogP) is 5.70. The highest BCUT2D eigenvalue weighted by Gasteiger charge is 2.37. The van der Waals surface area contributed by atoms with Gasteiger partial charge in [-0.15, -0.1) is 0 Å². The Kier molecular flexibility index (Phi) is 9.24. The van der Waals surface area contributed by atoms with E-state index in [-0.39, 0.29) is 11.3 Å². The fraction of sp³-hybridized carbons (Fsp3) is 0.486. The lowest BCUT2D eigenvalue weighted by Crippen LogP contribution is -2.48. The summed E-state index contributed by atoms with van der Waals surface area (Å²) in [6.07, 6.45) is 11.7. The molecule has 1 aromatic heterocycles. The van der Waals surface area contributed by atoms with Gasteiger partial charge in [0.25, 0.3) is 0 Å². The minimum Gasteiger partial charge on any atom is -0.492 e. The largest absolute Gasteiger partial charge is 0.492 e. The molecule has 1 amide bonds. The smallest absolute Gasteiger partial charge is 0.226 e. The number of pyridine rings is 1. The van der Waals surface area contributed by atoms with Crippen molar-refractivity contribution in [2.45, 2.75) is 57.9 Å². The lowest BCUT2D eigenvalue weighted by atomic mass is 9.73. The summed E-state index contributed by atoms with van der Waals surface area (Å²) in [4.78, 5) is 22.4. The molecule has 1 spiro atoms. The number of aryl methyl sites for hydroxylation is 1. The Hall–Kier alpha value is -3.58. The number of rotatable bonds is 4. The number of para-hydroxylation sites is 1. The van der Waals surface area contributed by atoms with E-state index in [0.717, 1.165) is 87.6 Å². The van der Waals surface area contributed by atoms with Crippen molar-refractivity contribution in [1.29, 1.82) is 0 Å². The molecule has 2 aromatic carbocycles. The maximum Gasteiger partial charge on any atom is 0.226 e. The van der Waals surface area contributed by atoms with Gasteiger partial charge in [-0.1, -0.05) is 36.8 Å². The summed E-state index contributed by atoms with van der Waals surface area (Å²) >= 11 is 0. The molecule has 6 rings (SSSR count). The molecule has 3 aromatic rings. The van der Waals surface area contributed by atoms with E-state index in [2.05, 4.69) is 45.1 Å². The number of benzene rings is 2. The summed E-state index contributed by atoms with van der Waals surface area (Å²) in [5, 5.41) is 0. The van der Waals surface area contributed by atoms with Crippen LogP contribution in [0.3, 0.4) is 0 Å². The lowest BCUT2D eigenvalue weighted by Gasteiger charge is -2.45. The van der Waals surface area contributed by atoms with Crippen LogP contribution in [-0.2, 0) is 24.2 Å². The quantitative estimate of drug-likeness (QED) is 0.402. The van der Waals surface area contributed by atoms with Crippen molar-refractivity contribution in [3.05, 3.63) is 83.7 Å². The SMILES string of the molecule is O=C(Cc1ccc2c(c1)OCCCO2)N1CCC2(CCCCc3ccccc3OCCN(Cc3cccnc3)C2)CC1. The van der Waals surface area contributed by atoms with Crippen molar-refractivity contribution in [1.82, 2.24) is 14.8 Å². The van der Waals surface area contributed by atoms with E-state index in [4.69, 9.17) is 14.2 Å². The van der Waals surface area contributed by atoms with Crippen LogP contribution in [0.2, 0.25) is 0 Å². The summed E-state index contributed by atoms with van der Waals surface area (Å²) in [6.45, 7) is 6.32. The molecule has 1 fully saturated rings. The molecular formula is C35H43N3O4.